The standard InChI is InChI=1S/C34H22Cl4N4O5/c1-17-27(31(41-46-17)29-23(35)5-3-6-24(29)36)33(43)39-19-9-13-21(14-10-19)45-22-15-11-20(12-16-22)40-34(44)28-18(2)47-42-32(28)30-25(37)7-4-8-26(30)38/h3-16H,1-2H3,(H,39,43)(H,40,44). The lowest BCUT2D eigenvalue weighted by atomic mass is 10.1. The molecule has 6 aromatic rings. The average Bonchev–Trinajstić information content (AvgIpc) is 3.61. The second-order valence-electron chi connectivity index (χ2n) is 10.2. The van der Waals surface area contributed by atoms with Crippen molar-refractivity contribution in [3.8, 4) is 34.0 Å². The molecule has 0 aliphatic heterocycles. The van der Waals surface area contributed by atoms with Gasteiger partial charge < -0.3 is 24.4 Å². The van der Waals surface area contributed by atoms with Crippen LogP contribution in [0.4, 0.5) is 11.4 Å². The van der Waals surface area contributed by atoms with Gasteiger partial charge in [0.05, 0.1) is 20.1 Å². The first kappa shape index (κ1) is 32.2. The quantitative estimate of drug-likeness (QED) is 0.161. The topological polar surface area (TPSA) is 119 Å². The summed E-state index contributed by atoms with van der Waals surface area (Å²) in [5.74, 6) is 0.788. The van der Waals surface area contributed by atoms with Crippen molar-refractivity contribution in [2.75, 3.05) is 10.6 Å². The van der Waals surface area contributed by atoms with Crippen LogP contribution in [-0.2, 0) is 0 Å². The number of benzene rings is 4. The fraction of sp³-hybridized carbons (Fsp3) is 0.0588. The van der Waals surface area contributed by atoms with Crippen LogP contribution in [-0.4, -0.2) is 22.1 Å². The van der Waals surface area contributed by atoms with E-state index in [2.05, 4.69) is 20.9 Å². The van der Waals surface area contributed by atoms with Crippen molar-refractivity contribution in [1.29, 1.82) is 0 Å². The predicted molar refractivity (Wildman–Crippen MR) is 182 cm³/mol. The third kappa shape index (κ3) is 6.70. The predicted octanol–water partition coefficient (Wildman–Crippen LogP) is 10.5. The van der Waals surface area contributed by atoms with Crippen LogP contribution in [0.25, 0.3) is 22.5 Å². The second kappa shape index (κ2) is 13.5. The maximum absolute atomic E-state index is 13.2. The molecule has 2 N–H and O–H groups in total. The molecule has 4 aromatic carbocycles. The van der Waals surface area contributed by atoms with Crippen LogP contribution in [0, 0.1) is 13.8 Å². The summed E-state index contributed by atoms with van der Waals surface area (Å²) in [6, 6.07) is 23.6. The minimum absolute atomic E-state index is 0.218. The van der Waals surface area contributed by atoms with Crippen LogP contribution < -0.4 is 15.4 Å². The molecule has 0 spiro atoms. The van der Waals surface area contributed by atoms with Gasteiger partial charge in [-0.3, -0.25) is 9.59 Å². The minimum Gasteiger partial charge on any atom is -0.457 e. The highest BCUT2D eigenvalue weighted by Gasteiger charge is 2.26. The van der Waals surface area contributed by atoms with Gasteiger partial charge >= 0.3 is 0 Å². The first-order valence-electron chi connectivity index (χ1n) is 13.9. The zero-order valence-corrected chi connectivity index (χ0v) is 27.6. The van der Waals surface area contributed by atoms with Crippen molar-refractivity contribution in [1.82, 2.24) is 10.3 Å². The molecule has 0 radical (unpaired) electrons. The molecule has 0 bridgehead atoms. The highest BCUT2D eigenvalue weighted by atomic mass is 35.5. The Balaban J connectivity index is 1.11. The second-order valence-corrected chi connectivity index (χ2v) is 11.8. The van der Waals surface area contributed by atoms with Gasteiger partial charge in [0.1, 0.15) is 45.5 Å². The Morgan fingerprint density at radius 2 is 0.915 bits per heavy atom. The van der Waals surface area contributed by atoms with Gasteiger partial charge in [-0.05, 0) is 86.6 Å². The zero-order chi connectivity index (χ0) is 33.2. The fourth-order valence-electron chi connectivity index (χ4n) is 4.80. The SMILES string of the molecule is Cc1onc(-c2c(Cl)cccc2Cl)c1C(=O)Nc1ccc(Oc2ccc(NC(=O)c3c(-c4c(Cl)cccc4Cl)noc3C)cc2)cc1. The van der Waals surface area contributed by atoms with E-state index in [1.54, 1.807) is 98.8 Å². The third-order valence-corrected chi connectivity index (χ3v) is 8.30. The van der Waals surface area contributed by atoms with Crippen LogP contribution in [0.1, 0.15) is 32.2 Å². The Bertz CT molecular complexity index is 1930. The lowest BCUT2D eigenvalue weighted by molar-refractivity contribution is 0.101. The molecule has 0 saturated heterocycles. The smallest absolute Gasteiger partial charge is 0.261 e. The molecule has 236 valence electrons. The number of halogens is 4. The molecule has 0 aliphatic carbocycles. The Labute approximate surface area is 288 Å². The van der Waals surface area contributed by atoms with E-state index < -0.39 is 11.8 Å². The Hall–Kier alpha value is -4.80. The summed E-state index contributed by atoms with van der Waals surface area (Å²) in [6.07, 6.45) is 0. The molecule has 6 rings (SSSR count). The number of nitrogens with one attached hydrogen (secondary N) is 2. The Morgan fingerprint density at radius 1 is 0.574 bits per heavy atom. The average molecular weight is 708 g/mol. The molecule has 0 fully saturated rings. The van der Waals surface area contributed by atoms with Crippen molar-refractivity contribution < 1.29 is 23.4 Å². The summed E-state index contributed by atoms with van der Waals surface area (Å²) < 4.78 is 16.6. The Morgan fingerprint density at radius 3 is 1.26 bits per heavy atom. The third-order valence-electron chi connectivity index (χ3n) is 7.04. The summed E-state index contributed by atoms with van der Waals surface area (Å²) in [5.41, 5.74) is 2.78. The first-order chi connectivity index (χ1) is 22.6. The molecule has 13 heteroatoms. The van der Waals surface area contributed by atoms with Crippen LogP contribution in [0.15, 0.2) is 94.0 Å². The van der Waals surface area contributed by atoms with Gasteiger partial charge in [-0.25, -0.2) is 0 Å². The van der Waals surface area contributed by atoms with Gasteiger partial charge in [0.25, 0.3) is 11.8 Å². The van der Waals surface area contributed by atoms with E-state index in [0.29, 0.717) is 65.6 Å². The maximum Gasteiger partial charge on any atom is 0.261 e. The summed E-state index contributed by atoms with van der Waals surface area (Å²) in [6.45, 7) is 3.26. The van der Waals surface area contributed by atoms with E-state index in [1.165, 1.54) is 0 Å². The molecular weight excluding hydrogens is 686 g/mol. The van der Waals surface area contributed by atoms with Crippen LogP contribution in [0.2, 0.25) is 20.1 Å². The zero-order valence-electron chi connectivity index (χ0n) is 24.5. The number of rotatable bonds is 8. The summed E-state index contributed by atoms with van der Waals surface area (Å²) in [7, 11) is 0. The van der Waals surface area contributed by atoms with Crippen molar-refractivity contribution in [2.24, 2.45) is 0 Å². The number of aromatic nitrogens is 2. The molecule has 2 heterocycles. The number of hydrogen-bond donors (Lipinski definition) is 2. The molecule has 0 aliphatic rings. The molecule has 0 unspecified atom stereocenters. The summed E-state index contributed by atoms with van der Waals surface area (Å²) in [5, 5.41) is 15.1. The van der Waals surface area contributed by atoms with Gasteiger partial charge in [-0.15, -0.1) is 0 Å². The normalized spacial score (nSPS) is 10.9. The molecule has 2 amide bonds. The summed E-state index contributed by atoms with van der Waals surface area (Å²) in [4.78, 5) is 26.5. The van der Waals surface area contributed by atoms with Crippen molar-refractivity contribution in [3.05, 3.63) is 128 Å². The van der Waals surface area contributed by atoms with Crippen molar-refractivity contribution in [3.63, 3.8) is 0 Å². The first-order valence-corrected chi connectivity index (χ1v) is 15.4. The van der Waals surface area contributed by atoms with Gasteiger partial charge in [-0.1, -0.05) is 68.8 Å². The number of anilines is 2. The van der Waals surface area contributed by atoms with E-state index in [4.69, 9.17) is 60.2 Å². The van der Waals surface area contributed by atoms with E-state index >= 15 is 0 Å². The number of hydrogen-bond acceptors (Lipinski definition) is 7. The lowest BCUT2D eigenvalue weighted by Crippen LogP contribution is -2.13. The Kier molecular flexibility index (Phi) is 9.24. The van der Waals surface area contributed by atoms with E-state index in [9.17, 15) is 9.59 Å². The molecule has 2 aromatic heterocycles. The number of ether oxygens (including phenoxy) is 1. The van der Waals surface area contributed by atoms with Gasteiger partial charge in [-0.2, -0.15) is 0 Å². The number of carbonyl (C=O) groups excluding carboxylic acids is 2. The number of nitrogens with zero attached hydrogens (tertiary/aromatic N) is 2. The molecular formula is C34H22Cl4N4O5. The van der Waals surface area contributed by atoms with Gasteiger partial charge in [0.15, 0.2) is 0 Å². The van der Waals surface area contributed by atoms with Crippen LogP contribution >= 0.6 is 46.4 Å². The fourth-order valence-corrected chi connectivity index (χ4v) is 5.96. The number of amides is 2. The van der Waals surface area contributed by atoms with Gasteiger partial charge in [0, 0.05) is 22.5 Å². The largest absolute Gasteiger partial charge is 0.457 e. The highest BCUT2D eigenvalue weighted by Crippen LogP contribution is 2.38. The number of carbonyl (C=O) groups is 2. The van der Waals surface area contributed by atoms with Crippen LogP contribution in [0.3, 0.4) is 0 Å². The maximum atomic E-state index is 13.2. The molecule has 47 heavy (non-hydrogen) atoms. The van der Waals surface area contributed by atoms with E-state index in [0.717, 1.165) is 0 Å². The molecule has 9 nitrogen and oxygen atoms in total. The highest BCUT2D eigenvalue weighted by molar-refractivity contribution is 6.40. The van der Waals surface area contributed by atoms with Gasteiger partial charge in [0.2, 0.25) is 0 Å². The number of aryl methyl sites for hydroxylation is 2. The lowest BCUT2D eigenvalue weighted by Gasteiger charge is -2.10. The van der Waals surface area contributed by atoms with E-state index in [1.807, 2.05) is 0 Å². The summed E-state index contributed by atoms with van der Waals surface area (Å²) >= 11 is 25.4. The van der Waals surface area contributed by atoms with Crippen molar-refractivity contribution >= 4 is 69.6 Å². The molecule has 0 atom stereocenters. The monoisotopic (exact) mass is 706 g/mol. The molecule has 0 saturated carbocycles. The minimum atomic E-state index is -0.440. The van der Waals surface area contributed by atoms with E-state index in [-0.39, 0.29) is 22.5 Å². The van der Waals surface area contributed by atoms with Crippen molar-refractivity contribution in [2.45, 2.75) is 13.8 Å². The van der Waals surface area contributed by atoms with Crippen LogP contribution in [0.5, 0.6) is 11.5 Å².